The number of nitrogens with zero attached hydrogens (tertiary/aromatic N) is 2. The molecule has 1 N–H and O–H groups in total. The Balaban J connectivity index is 1.95. The molecule has 0 aliphatic carbocycles. The van der Waals surface area contributed by atoms with E-state index in [1.807, 2.05) is 26.0 Å². The van der Waals surface area contributed by atoms with Crippen LogP contribution in [0.1, 0.15) is 57.6 Å². The van der Waals surface area contributed by atoms with Crippen LogP contribution in [-0.2, 0) is 9.59 Å². The lowest BCUT2D eigenvalue weighted by molar-refractivity contribution is -0.915. The van der Waals surface area contributed by atoms with E-state index in [1.165, 1.54) is 19.3 Å². The van der Waals surface area contributed by atoms with Gasteiger partial charge in [0.05, 0.1) is 26.1 Å². The second-order valence-corrected chi connectivity index (χ2v) is 8.56. The lowest BCUT2D eigenvalue weighted by Gasteiger charge is -2.35. The number of aryl methyl sites for hydroxylation is 2. The highest BCUT2D eigenvalue weighted by Gasteiger charge is 2.25. The number of rotatable bonds is 10. The molecule has 6 heteroatoms. The minimum atomic E-state index is -0.202. The first-order valence-electron chi connectivity index (χ1n) is 11.5. The molecule has 0 aromatic heterocycles. The Hall–Kier alpha value is -1.92. The fourth-order valence-corrected chi connectivity index (χ4v) is 4.28. The second kappa shape index (κ2) is 11.5. The van der Waals surface area contributed by atoms with Gasteiger partial charge in [0.2, 0.25) is 0 Å². The average molecular weight is 419 g/mol. The number of hydrogen-bond donors (Lipinski definition) is 1. The van der Waals surface area contributed by atoms with Gasteiger partial charge in [0.1, 0.15) is 5.75 Å². The number of anilines is 1. The summed E-state index contributed by atoms with van der Waals surface area (Å²) in [4.78, 5) is 27.3. The number of hydrogen-bond acceptors (Lipinski definition) is 4. The summed E-state index contributed by atoms with van der Waals surface area (Å²) in [5.74, 6) is 0.373. The molecular weight excluding hydrogens is 378 g/mol. The zero-order valence-corrected chi connectivity index (χ0v) is 19.6. The van der Waals surface area contributed by atoms with Crippen LogP contribution in [0.5, 0.6) is 5.75 Å². The molecule has 6 nitrogen and oxygen atoms in total. The van der Waals surface area contributed by atoms with Gasteiger partial charge in [-0.05, 0) is 83.8 Å². The molecule has 1 aliphatic rings. The first-order chi connectivity index (χ1) is 14.3. The molecule has 1 aliphatic heterocycles. The second-order valence-electron chi connectivity index (χ2n) is 8.56. The van der Waals surface area contributed by atoms with Gasteiger partial charge in [-0.1, -0.05) is 6.42 Å². The van der Waals surface area contributed by atoms with Crippen molar-refractivity contribution >= 4 is 17.6 Å². The molecule has 0 spiro atoms. The average Bonchev–Trinajstić information content (AvgIpc) is 2.74. The highest BCUT2D eigenvalue weighted by Crippen LogP contribution is 2.27. The van der Waals surface area contributed by atoms with Crippen LogP contribution < -0.4 is 10.1 Å². The van der Waals surface area contributed by atoms with Gasteiger partial charge in [0, 0.05) is 12.2 Å². The number of likely N-dealkylation sites (N-methyl/N-ethyl adjacent to an activating group) is 1. The van der Waals surface area contributed by atoms with Crippen molar-refractivity contribution in [1.82, 2.24) is 4.90 Å². The molecule has 30 heavy (non-hydrogen) atoms. The van der Waals surface area contributed by atoms with Crippen LogP contribution in [0, 0.1) is 13.8 Å². The van der Waals surface area contributed by atoms with Gasteiger partial charge in [0.25, 0.3) is 5.91 Å². The van der Waals surface area contributed by atoms with Gasteiger partial charge >= 0.3 is 5.97 Å². The van der Waals surface area contributed by atoms with Crippen LogP contribution in [-0.4, -0.2) is 67.1 Å². The lowest BCUT2D eigenvalue weighted by Crippen LogP contribution is -2.52. The van der Waals surface area contributed by atoms with Crippen molar-refractivity contribution in [2.45, 2.75) is 60.3 Å². The molecule has 0 bridgehead atoms. The zero-order chi connectivity index (χ0) is 22.1. The first kappa shape index (κ1) is 24.4. The lowest BCUT2D eigenvalue weighted by atomic mass is 10.1. The number of quaternary nitrogens is 1. The van der Waals surface area contributed by atoms with Gasteiger partial charge < -0.3 is 19.4 Å². The van der Waals surface area contributed by atoms with Crippen molar-refractivity contribution < 1.29 is 18.8 Å². The van der Waals surface area contributed by atoms with Crippen LogP contribution >= 0.6 is 0 Å². The number of carbonyl (C=O) groups is 2. The summed E-state index contributed by atoms with van der Waals surface area (Å²) in [6, 6.07) is 3.67. The van der Waals surface area contributed by atoms with Crippen molar-refractivity contribution in [2.75, 3.05) is 51.1 Å². The molecular formula is C24H40N3O3+. The van der Waals surface area contributed by atoms with Crippen molar-refractivity contribution in [3.63, 3.8) is 0 Å². The minimum Gasteiger partial charge on any atom is -0.426 e. The number of likely N-dealkylation sites (tertiary alicyclic amines) is 1. The number of ether oxygens (including phenoxy) is 1. The number of benzene rings is 1. The number of carbonyl (C=O) groups excluding carboxylic acids is 2. The Kier molecular flexibility index (Phi) is 9.31. The molecule has 1 saturated heterocycles. The third-order valence-electron chi connectivity index (χ3n) is 6.57. The molecule has 0 unspecified atom stereocenters. The van der Waals surface area contributed by atoms with E-state index in [-0.39, 0.29) is 11.9 Å². The van der Waals surface area contributed by atoms with Gasteiger partial charge in [-0.15, -0.1) is 0 Å². The van der Waals surface area contributed by atoms with Crippen LogP contribution in [0.15, 0.2) is 12.1 Å². The van der Waals surface area contributed by atoms with E-state index in [2.05, 4.69) is 31.0 Å². The molecule has 1 aromatic carbocycles. The third-order valence-corrected chi connectivity index (χ3v) is 6.57. The maximum Gasteiger partial charge on any atom is 0.312 e. The summed E-state index contributed by atoms with van der Waals surface area (Å²) < 4.78 is 6.35. The highest BCUT2D eigenvalue weighted by molar-refractivity contribution is 5.93. The van der Waals surface area contributed by atoms with E-state index in [9.17, 15) is 9.59 Å². The number of piperidine rings is 1. The van der Waals surface area contributed by atoms with Gasteiger partial charge in [-0.2, -0.15) is 0 Å². The molecule has 1 amide bonds. The van der Waals surface area contributed by atoms with Crippen LogP contribution in [0.3, 0.4) is 0 Å². The van der Waals surface area contributed by atoms with Crippen molar-refractivity contribution in [2.24, 2.45) is 0 Å². The molecule has 1 aromatic rings. The summed E-state index contributed by atoms with van der Waals surface area (Å²) >= 11 is 0. The predicted octanol–water partition coefficient (Wildman–Crippen LogP) is 3.90. The summed E-state index contributed by atoms with van der Waals surface area (Å²) in [6.07, 6.45) is 4.13. The summed E-state index contributed by atoms with van der Waals surface area (Å²) in [5, 5.41) is 3.08. The number of esters is 1. The quantitative estimate of drug-likeness (QED) is 0.356. The summed E-state index contributed by atoms with van der Waals surface area (Å²) in [7, 11) is 0. The van der Waals surface area contributed by atoms with E-state index >= 15 is 0 Å². The van der Waals surface area contributed by atoms with E-state index < -0.39 is 0 Å². The molecule has 1 heterocycles. The van der Waals surface area contributed by atoms with E-state index in [4.69, 9.17) is 4.74 Å². The van der Waals surface area contributed by atoms with Crippen LogP contribution in [0.25, 0.3) is 0 Å². The maximum absolute atomic E-state index is 12.7. The van der Waals surface area contributed by atoms with Crippen molar-refractivity contribution in [3.05, 3.63) is 23.3 Å². The summed E-state index contributed by atoms with van der Waals surface area (Å²) in [6.45, 7) is 16.5. The first-order valence-corrected chi connectivity index (χ1v) is 11.5. The van der Waals surface area contributed by atoms with Gasteiger partial charge in [-0.25, -0.2) is 0 Å². The predicted molar refractivity (Wildman–Crippen MR) is 122 cm³/mol. The Morgan fingerprint density at radius 3 is 2.10 bits per heavy atom. The largest absolute Gasteiger partial charge is 0.426 e. The SMILES string of the molecule is CC[N+](CC)(CC)CC(=O)Nc1c(C)cc(OC(=O)CCN2CCCCC2)cc1C. The Bertz CT molecular complexity index is 691. The standard InChI is InChI=1S/C24H39N3O3/c1-6-27(7-2,8-3)18-22(28)25-24-19(4)16-21(17-20(24)5)30-23(29)12-15-26-13-10-9-11-14-26/h16-17H,6-15,18H2,1-5H3/p+1. The Labute approximate surface area is 182 Å². The number of nitrogens with one attached hydrogen (secondary N) is 1. The molecule has 1 fully saturated rings. The monoisotopic (exact) mass is 418 g/mol. The molecule has 0 saturated carbocycles. The minimum absolute atomic E-state index is 0.0260. The highest BCUT2D eigenvalue weighted by atomic mass is 16.5. The van der Waals surface area contributed by atoms with E-state index in [0.29, 0.717) is 18.7 Å². The molecule has 0 atom stereocenters. The van der Waals surface area contributed by atoms with E-state index in [0.717, 1.165) is 60.6 Å². The van der Waals surface area contributed by atoms with Crippen LogP contribution in [0.2, 0.25) is 0 Å². The van der Waals surface area contributed by atoms with Crippen LogP contribution in [0.4, 0.5) is 5.69 Å². The molecule has 2 rings (SSSR count). The number of amides is 1. The van der Waals surface area contributed by atoms with E-state index in [1.54, 1.807) is 0 Å². The fraction of sp³-hybridized carbons (Fsp3) is 0.667. The van der Waals surface area contributed by atoms with Gasteiger partial charge in [-0.3, -0.25) is 9.59 Å². The Morgan fingerprint density at radius 1 is 1.00 bits per heavy atom. The fourth-order valence-electron chi connectivity index (χ4n) is 4.28. The van der Waals surface area contributed by atoms with Crippen molar-refractivity contribution in [1.29, 1.82) is 0 Å². The maximum atomic E-state index is 12.7. The topological polar surface area (TPSA) is 58.6 Å². The third kappa shape index (κ3) is 6.81. The van der Waals surface area contributed by atoms with Crippen molar-refractivity contribution in [3.8, 4) is 5.75 Å². The molecule has 168 valence electrons. The zero-order valence-electron chi connectivity index (χ0n) is 19.6. The normalized spacial score (nSPS) is 15.1. The van der Waals surface area contributed by atoms with Gasteiger partial charge in [0.15, 0.2) is 6.54 Å². The summed E-state index contributed by atoms with van der Waals surface area (Å²) in [5.41, 5.74) is 2.63. The Morgan fingerprint density at radius 2 is 1.57 bits per heavy atom. The molecule has 0 radical (unpaired) electrons. The smallest absolute Gasteiger partial charge is 0.312 e.